The molecular formula is C32H25Cl2NO2. The van der Waals surface area contributed by atoms with Gasteiger partial charge in [-0.05, 0) is 53.9 Å². The average Bonchev–Trinajstić information content (AvgIpc) is 3.46. The smallest absolute Gasteiger partial charge is 0.128 e. The van der Waals surface area contributed by atoms with Gasteiger partial charge in [0.15, 0.2) is 0 Å². The van der Waals surface area contributed by atoms with Gasteiger partial charge < -0.3 is 14.0 Å². The SMILES string of the molecule is COc1cc(OC)c2c(c1)-n1c(-c3ccc(Cl)cc3)cc(-c3ccc(Cl)cc3)c1C2c1ccc(C)cc1. The largest absolute Gasteiger partial charge is 0.497 e. The summed E-state index contributed by atoms with van der Waals surface area (Å²) in [6.45, 7) is 2.11. The van der Waals surface area contributed by atoms with E-state index in [-0.39, 0.29) is 5.92 Å². The number of aromatic nitrogens is 1. The lowest BCUT2D eigenvalue weighted by Crippen LogP contribution is -2.03. The van der Waals surface area contributed by atoms with Crippen LogP contribution in [0.3, 0.4) is 0 Å². The van der Waals surface area contributed by atoms with Gasteiger partial charge in [-0.15, -0.1) is 0 Å². The van der Waals surface area contributed by atoms with Crippen molar-refractivity contribution in [2.75, 3.05) is 14.2 Å². The van der Waals surface area contributed by atoms with Crippen molar-refractivity contribution in [1.29, 1.82) is 0 Å². The van der Waals surface area contributed by atoms with Gasteiger partial charge in [0.2, 0.25) is 0 Å². The second-order valence-corrected chi connectivity index (χ2v) is 10.2. The van der Waals surface area contributed by atoms with Crippen LogP contribution in [-0.2, 0) is 0 Å². The zero-order valence-corrected chi connectivity index (χ0v) is 22.3. The van der Waals surface area contributed by atoms with E-state index >= 15 is 0 Å². The Balaban J connectivity index is 1.73. The predicted octanol–water partition coefficient (Wildman–Crippen LogP) is 8.94. The molecule has 0 saturated carbocycles. The Morgan fingerprint density at radius 3 is 1.92 bits per heavy atom. The summed E-state index contributed by atoms with van der Waals surface area (Å²) < 4.78 is 14.0. The molecule has 0 saturated heterocycles. The minimum absolute atomic E-state index is 0.0387. The Kier molecular flexibility index (Phi) is 5.98. The Hall–Kier alpha value is -3.66. The van der Waals surface area contributed by atoms with Crippen molar-refractivity contribution in [2.45, 2.75) is 12.8 Å². The molecule has 0 radical (unpaired) electrons. The van der Waals surface area contributed by atoms with E-state index in [0.29, 0.717) is 10.0 Å². The number of fused-ring (bicyclic) bond motifs is 3. The van der Waals surface area contributed by atoms with Crippen LogP contribution in [0.1, 0.15) is 28.3 Å². The quantitative estimate of drug-likeness (QED) is 0.224. The molecule has 1 aromatic heterocycles. The third-order valence-corrected chi connectivity index (χ3v) is 7.60. The van der Waals surface area contributed by atoms with Crippen LogP contribution in [0, 0.1) is 6.92 Å². The molecule has 0 spiro atoms. The lowest BCUT2D eigenvalue weighted by atomic mass is 9.86. The summed E-state index contributed by atoms with van der Waals surface area (Å²) in [5, 5.41) is 1.42. The topological polar surface area (TPSA) is 23.4 Å². The molecule has 37 heavy (non-hydrogen) atoms. The second-order valence-electron chi connectivity index (χ2n) is 9.28. The van der Waals surface area contributed by atoms with Crippen LogP contribution in [-0.4, -0.2) is 18.8 Å². The minimum Gasteiger partial charge on any atom is -0.497 e. The maximum absolute atomic E-state index is 6.27. The Labute approximate surface area is 226 Å². The zero-order valence-electron chi connectivity index (χ0n) is 20.8. The summed E-state index contributed by atoms with van der Waals surface area (Å²) in [6, 6.07) is 31.1. The maximum atomic E-state index is 6.27. The molecule has 3 nitrogen and oxygen atoms in total. The standard InChI is InChI=1S/C32H25Cl2NO2/c1-19-4-6-22(7-5-19)30-31-28(16-25(36-2)17-29(31)37-3)35-27(21-10-14-24(34)15-11-21)18-26(32(30)35)20-8-12-23(33)13-9-20/h4-18,30H,1-3H3. The maximum Gasteiger partial charge on any atom is 0.128 e. The van der Waals surface area contributed by atoms with Gasteiger partial charge in [-0.3, -0.25) is 0 Å². The molecular weight excluding hydrogens is 501 g/mol. The van der Waals surface area contributed by atoms with Gasteiger partial charge in [0.25, 0.3) is 0 Å². The lowest BCUT2D eigenvalue weighted by Gasteiger charge is -2.18. The number of halogens is 2. The van der Waals surface area contributed by atoms with Crippen molar-refractivity contribution in [3.63, 3.8) is 0 Å². The molecule has 0 aliphatic carbocycles. The first-order valence-electron chi connectivity index (χ1n) is 12.1. The number of methoxy groups -OCH3 is 2. The predicted molar refractivity (Wildman–Crippen MR) is 152 cm³/mol. The molecule has 2 heterocycles. The van der Waals surface area contributed by atoms with Gasteiger partial charge >= 0.3 is 0 Å². The summed E-state index contributed by atoms with van der Waals surface area (Å²) >= 11 is 12.5. The fraction of sp³-hybridized carbons (Fsp3) is 0.125. The van der Waals surface area contributed by atoms with Crippen molar-refractivity contribution in [3.8, 4) is 39.6 Å². The molecule has 0 amide bonds. The molecule has 0 fully saturated rings. The molecule has 0 bridgehead atoms. The fourth-order valence-corrected chi connectivity index (χ4v) is 5.58. The van der Waals surface area contributed by atoms with Crippen molar-refractivity contribution in [3.05, 3.63) is 123 Å². The van der Waals surface area contributed by atoms with Crippen molar-refractivity contribution < 1.29 is 9.47 Å². The van der Waals surface area contributed by atoms with Crippen molar-refractivity contribution in [2.24, 2.45) is 0 Å². The van der Waals surface area contributed by atoms with E-state index in [2.05, 4.69) is 72.2 Å². The average molecular weight is 526 g/mol. The van der Waals surface area contributed by atoms with E-state index in [1.165, 1.54) is 16.8 Å². The molecule has 1 aliphatic rings. The van der Waals surface area contributed by atoms with E-state index in [1.807, 2.05) is 30.3 Å². The summed E-state index contributed by atoms with van der Waals surface area (Å²) in [5.41, 5.74) is 10.1. The summed E-state index contributed by atoms with van der Waals surface area (Å²) in [4.78, 5) is 0. The number of hydrogen-bond acceptors (Lipinski definition) is 2. The Bertz CT molecular complexity index is 1600. The normalized spacial score (nSPS) is 13.8. The van der Waals surface area contributed by atoms with E-state index in [4.69, 9.17) is 32.7 Å². The Morgan fingerprint density at radius 1 is 0.703 bits per heavy atom. The van der Waals surface area contributed by atoms with Crippen LogP contribution in [0.4, 0.5) is 0 Å². The first-order valence-corrected chi connectivity index (χ1v) is 12.8. The third kappa shape index (κ3) is 3.99. The number of aryl methyl sites for hydroxylation is 1. The van der Waals surface area contributed by atoms with E-state index in [1.54, 1.807) is 14.2 Å². The monoisotopic (exact) mass is 525 g/mol. The highest BCUT2D eigenvalue weighted by Crippen LogP contribution is 2.54. The van der Waals surface area contributed by atoms with Gasteiger partial charge in [-0.25, -0.2) is 0 Å². The summed E-state index contributed by atoms with van der Waals surface area (Å²) in [5.74, 6) is 1.51. The number of nitrogens with zero attached hydrogens (tertiary/aromatic N) is 1. The lowest BCUT2D eigenvalue weighted by molar-refractivity contribution is 0.391. The highest BCUT2D eigenvalue weighted by Gasteiger charge is 2.38. The summed E-state index contributed by atoms with van der Waals surface area (Å²) in [6.07, 6.45) is 0. The molecule has 5 aromatic rings. The molecule has 5 heteroatoms. The van der Waals surface area contributed by atoms with Crippen LogP contribution in [0.2, 0.25) is 10.0 Å². The van der Waals surface area contributed by atoms with Gasteiger partial charge in [-0.1, -0.05) is 77.3 Å². The number of benzene rings is 4. The van der Waals surface area contributed by atoms with Crippen LogP contribution in [0.15, 0.2) is 91.0 Å². The van der Waals surface area contributed by atoms with Crippen LogP contribution in [0.5, 0.6) is 11.5 Å². The van der Waals surface area contributed by atoms with Crippen LogP contribution < -0.4 is 9.47 Å². The van der Waals surface area contributed by atoms with E-state index in [0.717, 1.165) is 45.1 Å². The first kappa shape index (κ1) is 23.7. The van der Waals surface area contributed by atoms with Gasteiger partial charge in [-0.2, -0.15) is 0 Å². The molecule has 4 aromatic carbocycles. The fourth-order valence-electron chi connectivity index (χ4n) is 5.33. The third-order valence-electron chi connectivity index (χ3n) is 7.10. The van der Waals surface area contributed by atoms with Crippen molar-refractivity contribution in [1.82, 2.24) is 4.57 Å². The Morgan fingerprint density at radius 2 is 1.32 bits per heavy atom. The molecule has 1 atom stereocenters. The van der Waals surface area contributed by atoms with Crippen LogP contribution >= 0.6 is 23.2 Å². The number of hydrogen-bond donors (Lipinski definition) is 0. The highest BCUT2D eigenvalue weighted by molar-refractivity contribution is 6.31. The summed E-state index contributed by atoms with van der Waals surface area (Å²) in [7, 11) is 3.40. The van der Waals surface area contributed by atoms with E-state index in [9.17, 15) is 0 Å². The molecule has 6 rings (SSSR count). The number of ether oxygens (including phenoxy) is 2. The van der Waals surface area contributed by atoms with Gasteiger partial charge in [0.05, 0.1) is 31.5 Å². The molecule has 0 N–H and O–H groups in total. The minimum atomic E-state index is -0.0387. The van der Waals surface area contributed by atoms with E-state index < -0.39 is 0 Å². The van der Waals surface area contributed by atoms with Crippen molar-refractivity contribution >= 4 is 23.2 Å². The molecule has 184 valence electrons. The highest BCUT2D eigenvalue weighted by atomic mass is 35.5. The van der Waals surface area contributed by atoms with Gasteiger partial charge in [0.1, 0.15) is 11.5 Å². The van der Waals surface area contributed by atoms with Crippen LogP contribution in [0.25, 0.3) is 28.1 Å². The molecule has 1 aliphatic heterocycles. The molecule has 1 unspecified atom stereocenters. The van der Waals surface area contributed by atoms with Gasteiger partial charge in [0, 0.05) is 39.0 Å². The second kappa shape index (κ2) is 9.33. The first-order chi connectivity index (χ1) is 18.0. The number of rotatable bonds is 5. The zero-order chi connectivity index (χ0) is 25.7.